The van der Waals surface area contributed by atoms with Crippen LogP contribution >= 0.6 is 0 Å². The molecule has 1 N–H and O–H groups in total. The van der Waals surface area contributed by atoms with Gasteiger partial charge in [-0.3, -0.25) is 4.79 Å². The van der Waals surface area contributed by atoms with Gasteiger partial charge in [0.05, 0.1) is 5.92 Å². The zero-order chi connectivity index (χ0) is 19.2. The Kier molecular flexibility index (Phi) is 4.98. The Morgan fingerprint density at radius 2 is 1.46 bits per heavy atom. The number of carbonyl (C=O) groups is 1. The summed E-state index contributed by atoms with van der Waals surface area (Å²) in [6.45, 7) is 0. The first-order valence-corrected chi connectivity index (χ1v) is 7.40. The topological polar surface area (TPSA) is 63.2 Å². The fraction of sp³-hybridized carbons (Fsp3) is 0.700. The Morgan fingerprint density at radius 3 is 1.83 bits per heavy atom. The van der Waals surface area contributed by atoms with Crippen molar-refractivity contribution in [2.75, 3.05) is 0 Å². The molecule has 0 saturated heterocycles. The predicted octanol–water partition coefficient (Wildman–Crippen LogP) is 2.82. The van der Waals surface area contributed by atoms with Gasteiger partial charge in [-0.05, 0) is 12.8 Å². The van der Waals surface area contributed by atoms with Gasteiger partial charge in [-0.2, -0.15) is 47.9 Å². The molecule has 0 heterocycles. The molecule has 0 aromatic carbocycles. The summed E-state index contributed by atoms with van der Waals surface area (Å²) in [5.41, 5.74) is 0. The van der Waals surface area contributed by atoms with E-state index in [1.807, 2.05) is 0 Å². The lowest BCUT2D eigenvalue weighted by Gasteiger charge is -2.33. The van der Waals surface area contributed by atoms with E-state index in [0.717, 1.165) is 6.08 Å². The molecule has 0 aromatic heterocycles. The summed E-state index contributed by atoms with van der Waals surface area (Å²) in [5.74, 6) is -17.8. The lowest BCUT2D eigenvalue weighted by Crippen LogP contribution is -2.65. The first-order valence-electron chi connectivity index (χ1n) is 5.92. The van der Waals surface area contributed by atoms with Gasteiger partial charge in [0.25, 0.3) is 0 Å². The zero-order valence-electron chi connectivity index (χ0n) is 11.2. The van der Waals surface area contributed by atoms with Gasteiger partial charge >= 0.3 is 33.3 Å². The van der Waals surface area contributed by atoms with E-state index < -0.39 is 45.1 Å². The molecule has 0 fully saturated rings. The van der Waals surface area contributed by atoms with Crippen molar-refractivity contribution in [3.8, 4) is 0 Å². The van der Waals surface area contributed by atoms with E-state index in [2.05, 4.69) is 0 Å². The zero-order valence-corrected chi connectivity index (χ0v) is 12.0. The number of amides is 1. The molecule has 1 amide bonds. The van der Waals surface area contributed by atoms with E-state index in [0.29, 0.717) is 4.72 Å². The molecule has 0 bridgehead atoms. The maximum Gasteiger partial charge on any atom is 0.460 e. The molecule has 0 unspecified atom stereocenters. The smallest absolute Gasteiger partial charge is 0.273 e. The number of allylic oxidation sites excluding steroid dienone is 1. The van der Waals surface area contributed by atoms with Crippen LogP contribution in [0.1, 0.15) is 12.8 Å². The van der Waals surface area contributed by atoms with Crippen LogP contribution in [0.5, 0.6) is 0 Å². The SMILES string of the molecule is O=C(NS(=O)(=O)C(F)(F)C(F)(F)C(F)(F)C(F)(F)F)[C@@H]1C=CCC1. The Bertz CT molecular complexity index is 638. The third kappa shape index (κ3) is 3.07. The van der Waals surface area contributed by atoms with E-state index in [1.54, 1.807) is 0 Å². The van der Waals surface area contributed by atoms with Crippen molar-refractivity contribution in [3.05, 3.63) is 12.2 Å². The molecular formula is C10H8F9NO3S. The van der Waals surface area contributed by atoms with Crippen LogP contribution in [0.4, 0.5) is 39.5 Å². The lowest BCUT2D eigenvalue weighted by molar-refractivity contribution is -0.382. The van der Waals surface area contributed by atoms with Crippen molar-refractivity contribution >= 4 is 15.9 Å². The Hall–Kier alpha value is -1.47. The van der Waals surface area contributed by atoms with Gasteiger partial charge in [0.15, 0.2) is 0 Å². The predicted molar refractivity (Wildman–Crippen MR) is 59.8 cm³/mol. The molecular weight excluding hydrogens is 385 g/mol. The molecule has 0 aromatic rings. The number of alkyl halides is 9. The maximum atomic E-state index is 13.3. The molecule has 0 radical (unpaired) electrons. The van der Waals surface area contributed by atoms with E-state index >= 15 is 0 Å². The molecule has 140 valence electrons. The third-order valence-electron chi connectivity index (χ3n) is 3.04. The Labute approximate surface area is 128 Å². The van der Waals surface area contributed by atoms with Crippen molar-refractivity contribution in [1.29, 1.82) is 0 Å². The molecule has 4 nitrogen and oxygen atoms in total. The summed E-state index contributed by atoms with van der Waals surface area (Å²) in [4.78, 5) is 11.4. The van der Waals surface area contributed by atoms with Crippen LogP contribution in [0.2, 0.25) is 0 Å². The molecule has 0 saturated carbocycles. The number of sulfonamides is 1. The number of hydrogen-bond donors (Lipinski definition) is 1. The molecule has 0 aliphatic heterocycles. The molecule has 14 heteroatoms. The summed E-state index contributed by atoms with van der Waals surface area (Å²) in [7, 11) is -6.89. The molecule has 1 aliphatic carbocycles. The minimum absolute atomic E-state index is 0.0813. The molecule has 1 aliphatic rings. The van der Waals surface area contributed by atoms with Gasteiger partial charge in [0, 0.05) is 0 Å². The standard InChI is InChI=1S/C10H8F9NO3S/c11-7(12,9(15,16)17)8(13,14)10(18,19)24(22,23)20-6(21)5-3-1-2-4-5/h1,3,5H,2,4H2,(H,20,21)/t5-/m1/s1. The summed E-state index contributed by atoms with van der Waals surface area (Å²) in [6, 6.07) is 0. The average Bonchev–Trinajstić information content (AvgIpc) is 2.89. The molecule has 0 spiro atoms. The van der Waals surface area contributed by atoms with Crippen LogP contribution in [-0.2, 0) is 14.8 Å². The minimum Gasteiger partial charge on any atom is -0.273 e. The summed E-state index contributed by atoms with van der Waals surface area (Å²) >= 11 is 0. The number of halogens is 9. The van der Waals surface area contributed by atoms with E-state index in [-0.39, 0.29) is 12.8 Å². The second kappa shape index (κ2) is 5.81. The summed E-state index contributed by atoms with van der Waals surface area (Å²) in [5, 5.41) is -6.92. The Balaban J connectivity index is 3.20. The van der Waals surface area contributed by atoms with Crippen LogP contribution in [0, 0.1) is 5.92 Å². The normalized spacial score (nSPS) is 20.3. The van der Waals surface area contributed by atoms with Gasteiger partial charge in [-0.15, -0.1) is 0 Å². The first kappa shape index (κ1) is 20.6. The van der Waals surface area contributed by atoms with Crippen LogP contribution in [0.15, 0.2) is 12.2 Å². The fourth-order valence-electron chi connectivity index (χ4n) is 1.65. The van der Waals surface area contributed by atoms with E-state index in [1.165, 1.54) is 6.08 Å². The van der Waals surface area contributed by atoms with Crippen LogP contribution in [0.3, 0.4) is 0 Å². The van der Waals surface area contributed by atoms with Crippen LogP contribution in [-0.4, -0.2) is 37.6 Å². The van der Waals surface area contributed by atoms with Gasteiger partial charge in [0.2, 0.25) is 5.91 Å². The van der Waals surface area contributed by atoms with Gasteiger partial charge in [-0.1, -0.05) is 12.2 Å². The van der Waals surface area contributed by atoms with Crippen molar-refractivity contribution in [2.24, 2.45) is 5.92 Å². The average molecular weight is 393 g/mol. The molecule has 24 heavy (non-hydrogen) atoms. The number of rotatable bonds is 5. The second-order valence-electron chi connectivity index (χ2n) is 4.75. The van der Waals surface area contributed by atoms with Crippen molar-refractivity contribution < 1.29 is 52.7 Å². The number of hydrogen-bond acceptors (Lipinski definition) is 3. The summed E-state index contributed by atoms with van der Waals surface area (Å²) < 4.78 is 136. The van der Waals surface area contributed by atoms with Crippen molar-refractivity contribution in [1.82, 2.24) is 4.72 Å². The number of carbonyl (C=O) groups excluding carboxylic acids is 1. The quantitative estimate of drug-likeness (QED) is 0.577. The molecule has 1 rings (SSSR count). The van der Waals surface area contributed by atoms with Gasteiger partial charge in [-0.25, -0.2) is 4.72 Å². The highest BCUT2D eigenvalue weighted by atomic mass is 32.2. The minimum atomic E-state index is -7.37. The third-order valence-corrected chi connectivity index (χ3v) is 4.44. The fourth-order valence-corrected chi connectivity index (χ4v) is 2.66. The first-order chi connectivity index (χ1) is 10.5. The van der Waals surface area contributed by atoms with Gasteiger partial charge in [0.1, 0.15) is 0 Å². The largest absolute Gasteiger partial charge is 0.460 e. The van der Waals surface area contributed by atoms with Crippen LogP contribution in [0.25, 0.3) is 0 Å². The summed E-state index contributed by atoms with van der Waals surface area (Å²) in [6.07, 6.45) is -4.67. The second-order valence-corrected chi connectivity index (χ2v) is 6.47. The highest BCUT2D eigenvalue weighted by Crippen LogP contribution is 2.54. The maximum absolute atomic E-state index is 13.3. The molecule has 1 atom stereocenters. The van der Waals surface area contributed by atoms with Crippen LogP contribution < -0.4 is 4.72 Å². The van der Waals surface area contributed by atoms with Gasteiger partial charge < -0.3 is 0 Å². The highest BCUT2D eigenvalue weighted by molar-refractivity contribution is 7.91. The van der Waals surface area contributed by atoms with Crippen molar-refractivity contribution in [3.63, 3.8) is 0 Å². The highest BCUT2D eigenvalue weighted by Gasteiger charge is 2.85. The monoisotopic (exact) mass is 393 g/mol. The van der Waals surface area contributed by atoms with Crippen molar-refractivity contribution in [2.45, 2.75) is 36.1 Å². The Morgan fingerprint density at radius 1 is 0.958 bits per heavy atom. The van der Waals surface area contributed by atoms with E-state index in [4.69, 9.17) is 0 Å². The lowest BCUT2D eigenvalue weighted by atomic mass is 10.1. The number of nitrogens with one attached hydrogen (secondary N) is 1. The van der Waals surface area contributed by atoms with E-state index in [9.17, 15) is 52.7 Å².